The fourth-order valence-electron chi connectivity index (χ4n) is 4.75. The third-order valence-electron chi connectivity index (χ3n) is 6.98. The Hall–Kier alpha value is -5.23. The van der Waals surface area contributed by atoms with Gasteiger partial charge in [-0.05, 0) is 30.9 Å². The van der Waals surface area contributed by atoms with Crippen LogP contribution in [-0.4, -0.2) is 106 Å². The number of nitrogens with two attached hydrogens (primary N) is 2. The summed E-state index contributed by atoms with van der Waals surface area (Å²) in [6.07, 6.45) is -0.145. The van der Waals surface area contributed by atoms with Crippen LogP contribution in [0.25, 0.3) is 10.9 Å². The molecule has 0 fully saturated rings. The van der Waals surface area contributed by atoms with E-state index < -0.39 is 79.3 Å². The highest BCUT2D eigenvalue weighted by atomic mass is 16.4. The van der Waals surface area contributed by atoms with Crippen LogP contribution < -0.4 is 38.1 Å². The lowest BCUT2D eigenvalue weighted by Gasteiger charge is -2.26. The molecule has 0 saturated heterocycles. The van der Waals surface area contributed by atoms with Crippen molar-refractivity contribution < 1.29 is 44.1 Å². The first-order valence-corrected chi connectivity index (χ1v) is 14.0. The minimum Gasteiger partial charge on any atom is -0.481 e. The molecule has 0 spiro atoms. The van der Waals surface area contributed by atoms with Crippen molar-refractivity contribution in [3.8, 4) is 0 Å². The number of para-hydroxylation sites is 1. The van der Waals surface area contributed by atoms with Crippen molar-refractivity contribution in [2.24, 2.45) is 16.5 Å². The molecular formula is C27H37N9O9. The second-order valence-electron chi connectivity index (χ2n) is 10.3. The molecule has 0 saturated carbocycles. The highest BCUT2D eigenvalue weighted by molar-refractivity contribution is 5.95. The number of carbonyl (C=O) groups is 6. The van der Waals surface area contributed by atoms with Crippen molar-refractivity contribution in [2.45, 2.75) is 56.4 Å². The molecule has 1 aromatic heterocycles. The summed E-state index contributed by atoms with van der Waals surface area (Å²) in [7, 11) is 0. The van der Waals surface area contributed by atoms with Crippen LogP contribution in [0.5, 0.6) is 0 Å². The normalized spacial score (nSPS) is 15.9. The largest absolute Gasteiger partial charge is 0.481 e. The van der Waals surface area contributed by atoms with Crippen LogP contribution in [0.3, 0.4) is 0 Å². The molecule has 2 aromatic rings. The van der Waals surface area contributed by atoms with Gasteiger partial charge in [0.05, 0.1) is 25.6 Å². The van der Waals surface area contributed by atoms with E-state index in [1.54, 1.807) is 0 Å². The van der Waals surface area contributed by atoms with Gasteiger partial charge in [0.25, 0.3) is 0 Å². The number of aromatic amines is 1. The molecule has 0 bridgehead atoms. The van der Waals surface area contributed by atoms with E-state index in [-0.39, 0.29) is 18.9 Å². The zero-order chi connectivity index (χ0) is 33.1. The van der Waals surface area contributed by atoms with Crippen LogP contribution in [0.2, 0.25) is 0 Å². The standard InChI is InChI=1S/C27H37N9O9/c28-27(29)30-7-3-6-16(35-24(42)17-8-14-13-4-1-2-5-15(13)33-19(14)10-31-17)23(41)32-11-21(38)34-18(9-22(39)40)25(43)36-20(12-37)26(44)45/h1-2,4-5,16-18,20,31,33,37H,3,6-12H2,(H,32,41)(H,34,38)(H,35,42)(H,36,43)(H,39,40)(H,44,45)(H4,28,29,30)/t16-,17-,18-,20+/m0/s1. The zero-order valence-corrected chi connectivity index (χ0v) is 24.2. The predicted octanol–water partition coefficient (Wildman–Crippen LogP) is -3.64. The van der Waals surface area contributed by atoms with Gasteiger partial charge in [0, 0.05) is 29.7 Å². The molecule has 0 radical (unpaired) electrons. The van der Waals surface area contributed by atoms with Crippen molar-refractivity contribution in [3.05, 3.63) is 35.5 Å². The third kappa shape index (κ3) is 9.90. The van der Waals surface area contributed by atoms with E-state index in [0.717, 1.165) is 22.2 Å². The highest BCUT2D eigenvalue weighted by Gasteiger charge is 2.31. The Kier molecular flexibility index (Phi) is 12.2. The average molecular weight is 632 g/mol. The Morgan fingerprint density at radius 1 is 0.978 bits per heavy atom. The van der Waals surface area contributed by atoms with E-state index in [9.17, 15) is 28.8 Å². The van der Waals surface area contributed by atoms with Gasteiger partial charge in [-0.25, -0.2) is 4.79 Å². The number of nitrogens with one attached hydrogen (secondary N) is 6. The van der Waals surface area contributed by atoms with E-state index in [4.69, 9.17) is 26.8 Å². The average Bonchev–Trinajstić information content (AvgIpc) is 3.37. The van der Waals surface area contributed by atoms with Gasteiger partial charge in [-0.15, -0.1) is 0 Å². The Morgan fingerprint density at radius 3 is 2.38 bits per heavy atom. The van der Waals surface area contributed by atoms with E-state index in [0.29, 0.717) is 19.4 Å². The number of H-pyrrole nitrogens is 1. The van der Waals surface area contributed by atoms with Crippen LogP contribution in [-0.2, 0) is 41.7 Å². The molecular weight excluding hydrogens is 594 g/mol. The predicted molar refractivity (Wildman–Crippen MR) is 158 cm³/mol. The fraction of sp³-hybridized carbons (Fsp3) is 0.444. The SMILES string of the molecule is NC(N)=NCCC[C@H](NC(=O)[C@@H]1Cc2c([nH]c3ccccc23)CN1)C(=O)NCC(=O)N[C@@H](CC(=O)O)C(=O)N[C@H](CO)C(=O)O. The molecule has 18 heteroatoms. The number of benzene rings is 1. The first-order chi connectivity index (χ1) is 21.4. The third-order valence-corrected chi connectivity index (χ3v) is 6.98. The molecule has 13 N–H and O–H groups in total. The van der Waals surface area contributed by atoms with Gasteiger partial charge in [0.15, 0.2) is 5.96 Å². The summed E-state index contributed by atoms with van der Waals surface area (Å²) in [5.74, 6) is -6.52. The first kappa shape index (κ1) is 34.3. The van der Waals surface area contributed by atoms with Gasteiger partial charge in [-0.1, -0.05) is 18.2 Å². The first-order valence-electron chi connectivity index (χ1n) is 14.0. The second kappa shape index (κ2) is 16.0. The van der Waals surface area contributed by atoms with Crippen molar-refractivity contribution in [1.82, 2.24) is 31.6 Å². The van der Waals surface area contributed by atoms with Crippen molar-refractivity contribution in [3.63, 3.8) is 0 Å². The molecule has 4 amide bonds. The lowest BCUT2D eigenvalue weighted by atomic mass is 9.97. The van der Waals surface area contributed by atoms with E-state index in [1.807, 2.05) is 29.6 Å². The number of carboxylic acids is 2. The summed E-state index contributed by atoms with van der Waals surface area (Å²) >= 11 is 0. The number of aliphatic carboxylic acids is 2. The molecule has 1 aliphatic rings. The number of carboxylic acid groups (broad SMARTS) is 2. The van der Waals surface area contributed by atoms with Crippen LogP contribution in [0.15, 0.2) is 29.3 Å². The number of hydrogen-bond donors (Lipinski definition) is 11. The molecule has 1 aliphatic heterocycles. The maximum absolute atomic E-state index is 13.3. The Morgan fingerprint density at radius 2 is 1.71 bits per heavy atom. The quantitative estimate of drug-likeness (QED) is 0.0486. The number of aliphatic hydroxyl groups excluding tert-OH is 1. The molecule has 45 heavy (non-hydrogen) atoms. The van der Waals surface area contributed by atoms with Crippen LogP contribution >= 0.6 is 0 Å². The van der Waals surface area contributed by atoms with Crippen molar-refractivity contribution in [2.75, 3.05) is 19.7 Å². The van der Waals surface area contributed by atoms with Crippen LogP contribution in [0, 0.1) is 0 Å². The molecule has 4 atom stereocenters. The molecule has 244 valence electrons. The van der Waals surface area contributed by atoms with Crippen LogP contribution in [0.1, 0.15) is 30.5 Å². The van der Waals surface area contributed by atoms with E-state index in [2.05, 4.69) is 31.2 Å². The van der Waals surface area contributed by atoms with Crippen LogP contribution in [0.4, 0.5) is 0 Å². The summed E-state index contributed by atoms with van der Waals surface area (Å²) < 4.78 is 0. The summed E-state index contributed by atoms with van der Waals surface area (Å²) in [6, 6.07) is 2.50. The summed E-state index contributed by atoms with van der Waals surface area (Å²) in [5, 5.41) is 40.5. The van der Waals surface area contributed by atoms with Gasteiger partial charge < -0.3 is 53.0 Å². The minimum absolute atomic E-state index is 0.100. The number of aromatic nitrogens is 1. The lowest BCUT2D eigenvalue weighted by molar-refractivity contribution is -0.144. The number of hydrogen-bond acceptors (Lipinski definition) is 9. The van der Waals surface area contributed by atoms with Crippen molar-refractivity contribution in [1.29, 1.82) is 0 Å². The number of guanidine groups is 1. The van der Waals surface area contributed by atoms with Gasteiger partial charge >= 0.3 is 11.9 Å². The molecule has 2 heterocycles. The van der Waals surface area contributed by atoms with Gasteiger partial charge in [-0.2, -0.15) is 0 Å². The second-order valence-corrected chi connectivity index (χ2v) is 10.3. The zero-order valence-electron chi connectivity index (χ0n) is 24.2. The van der Waals surface area contributed by atoms with E-state index >= 15 is 0 Å². The lowest BCUT2D eigenvalue weighted by Crippen LogP contribution is -2.56. The van der Waals surface area contributed by atoms with E-state index in [1.165, 1.54) is 0 Å². The number of aliphatic hydroxyl groups is 1. The molecule has 3 rings (SSSR count). The van der Waals surface area contributed by atoms with Crippen molar-refractivity contribution >= 4 is 52.4 Å². The topological polar surface area (TPSA) is 303 Å². The fourth-order valence-corrected chi connectivity index (χ4v) is 4.75. The Labute approximate surface area is 256 Å². The Bertz CT molecular complexity index is 1450. The maximum atomic E-state index is 13.3. The number of nitrogens with zero attached hydrogens (tertiary/aromatic N) is 1. The summed E-state index contributed by atoms with van der Waals surface area (Å²) in [6.45, 7) is -1.11. The minimum atomic E-state index is -1.73. The monoisotopic (exact) mass is 631 g/mol. The Balaban J connectivity index is 1.63. The maximum Gasteiger partial charge on any atom is 0.328 e. The molecule has 0 unspecified atom stereocenters. The number of fused-ring (bicyclic) bond motifs is 3. The number of aliphatic imine (C=N–C) groups is 1. The van der Waals surface area contributed by atoms with Gasteiger partial charge in [0.2, 0.25) is 23.6 Å². The summed E-state index contributed by atoms with van der Waals surface area (Å²) in [4.78, 5) is 80.8. The molecule has 1 aromatic carbocycles. The van der Waals surface area contributed by atoms with Gasteiger partial charge in [0.1, 0.15) is 18.1 Å². The highest BCUT2D eigenvalue weighted by Crippen LogP contribution is 2.26. The number of rotatable bonds is 16. The van der Waals surface area contributed by atoms with Gasteiger partial charge in [-0.3, -0.25) is 34.3 Å². The molecule has 18 nitrogen and oxygen atoms in total. The molecule has 0 aliphatic carbocycles. The number of amides is 4. The smallest absolute Gasteiger partial charge is 0.328 e. The summed E-state index contributed by atoms with van der Waals surface area (Å²) in [5.41, 5.74) is 13.6. The number of carbonyl (C=O) groups excluding carboxylic acids is 4.